The predicted molar refractivity (Wildman–Crippen MR) is 134 cm³/mol. The third-order valence-electron chi connectivity index (χ3n) is 7.61. The maximum atomic E-state index is 12.1. The minimum Gasteiger partial charge on any atom is -0.490 e. The van der Waals surface area contributed by atoms with Gasteiger partial charge in [0.2, 0.25) is 0 Å². The lowest BCUT2D eigenvalue weighted by Gasteiger charge is -2.37. The highest BCUT2D eigenvalue weighted by molar-refractivity contribution is 5.84. The van der Waals surface area contributed by atoms with E-state index in [0.29, 0.717) is 18.1 Å². The van der Waals surface area contributed by atoms with Crippen LogP contribution in [0.15, 0.2) is 36.4 Å². The van der Waals surface area contributed by atoms with Crippen LogP contribution in [-0.4, -0.2) is 36.7 Å². The van der Waals surface area contributed by atoms with E-state index in [1.807, 2.05) is 6.92 Å². The van der Waals surface area contributed by atoms with Gasteiger partial charge >= 0.3 is 5.97 Å². The van der Waals surface area contributed by atoms with Crippen LogP contribution in [0.5, 0.6) is 5.75 Å². The first-order valence-corrected chi connectivity index (χ1v) is 12.9. The number of benzene rings is 2. The highest BCUT2D eigenvalue weighted by atomic mass is 16.5. The molecule has 2 aromatic rings. The molecule has 0 spiro atoms. The molecule has 2 aliphatic rings. The van der Waals surface area contributed by atoms with Gasteiger partial charge < -0.3 is 9.47 Å². The molecule has 0 radical (unpaired) electrons. The Hall–Kier alpha value is -2.07. The van der Waals surface area contributed by atoms with Crippen LogP contribution in [0.2, 0.25) is 0 Å². The molecule has 1 heterocycles. The summed E-state index contributed by atoms with van der Waals surface area (Å²) in [6.45, 7) is 12.1. The maximum absolute atomic E-state index is 12.1. The fourth-order valence-corrected chi connectivity index (χ4v) is 5.59. The fourth-order valence-electron chi connectivity index (χ4n) is 5.59. The summed E-state index contributed by atoms with van der Waals surface area (Å²) in [7, 11) is 0. The Balaban J connectivity index is 1.35. The van der Waals surface area contributed by atoms with Crippen LogP contribution >= 0.6 is 0 Å². The summed E-state index contributed by atoms with van der Waals surface area (Å²) < 4.78 is 11.6. The van der Waals surface area contributed by atoms with Gasteiger partial charge in [0.05, 0.1) is 18.6 Å². The van der Waals surface area contributed by atoms with E-state index < -0.39 is 0 Å². The van der Waals surface area contributed by atoms with Crippen molar-refractivity contribution in [2.24, 2.45) is 17.3 Å². The molecule has 0 amide bonds. The molecule has 0 aromatic heterocycles. The van der Waals surface area contributed by atoms with Gasteiger partial charge in [0.25, 0.3) is 0 Å². The average Bonchev–Trinajstić information content (AvgIpc) is 2.79. The first kappa shape index (κ1) is 24.1. The molecule has 0 bridgehead atoms. The second-order valence-corrected chi connectivity index (χ2v) is 11.1. The van der Waals surface area contributed by atoms with Crippen LogP contribution in [0, 0.1) is 17.3 Å². The summed E-state index contributed by atoms with van der Waals surface area (Å²) in [4.78, 5) is 14.5. The number of carbonyl (C=O) groups excluding carboxylic acids is 1. The monoisotopic (exact) mass is 451 g/mol. The highest BCUT2D eigenvalue weighted by Crippen LogP contribution is 2.39. The molecule has 0 N–H and O–H groups in total. The Morgan fingerprint density at radius 3 is 2.45 bits per heavy atom. The number of rotatable bonds is 6. The van der Waals surface area contributed by atoms with Crippen LogP contribution < -0.4 is 4.74 Å². The molecule has 1 aliphatic carbocycles. The number of hydrogen-bond acceptors (Lipinski definition) is 4. The summed E-state index contributed by atoms with van der Waals surface area (Å²) >= 11 is 0. The fraction of sp³-hybridized carbons (Fsp3) is 0.621. The number of nitrogens with zero attached hydrogens (tertiary/aromatic N) is 1. The van der Waals surface area contributed by atoms with Crippen molar-refractivity contribution in [3.05, 3.63) is 42.0 Å². The number of piperidine rings is 1. The van der Waals surface area contributed by atoms with Crippen LogP contribution in [0.3, 0.4) is 0 Å². The first-order valence-electron chi connectivity index (χ1n) is 12.9. The van der Waals surface area contributed by atoms with Gasteiger partial charge in [-0.05, 0) is 97.9 Å². The number of carbonyl (C=O) groups is 1. The van der Waals surface area contributed by atoms with E-state index in [-0.39, 0.29) is 11.9 Å². The molecule has 0 unspecified atom stereocenters. The zero-order chi connectivity index (χ0) is 23.4. The van der Waals surface area contributed by atoms with Crippen LogP contribution in [0.1, 0.15) is 71.8 Å². The molecule has 1 atom stereocenters. The Bertz CT molecular complexity index is 940. The second kappa shape index (κ2) is 10.5. The highest BCUT2D eigenvalue weighted by Gasteiger charge is 2.30. The largest absolute Gasteiger partial charge is 0.490 e. The maximum Gasteiger partial charge on any atom is 0.310 e. The van der Waals surface area contributed by atoms with Gasteiger partial charge in [0, 0.05) is 13.1 Å². The van der Waals surface area contributed by atoms with Crippen molar-refractivity contribution >= 4 is 16.7 Å². The minimum absolute atomic E-state index is 0.0114. The molecule has 1 saturated carbocycles. The molecule has 2 fully saturated rings. The third kappa shape index (κ3) is 6.29. The number of fused-ring (bicyclic) bond motifs is 1. The molecular formula is C29H41NO3. The van der Waals surface area contributed by atoms with E-state index in [4.69, 9.17) is 9.47 Å². The van der Waals surface area contributed by atoms with Crippen molar-refractivity contribution in [1.82, 2.24) is 4.90 Å². The van der Waals surface area contributed by atoms with Crippen LogP contribution in [0.25, 0.3) is 10.8 Å². The summed E-state index contributed by atoms with van der Waals surface area (Å²) in [5, 5.41) is 2.47. The zero-order valence-electron chi connectivity index (χ0n) is 20.9. The van der Waals surface area contributed by atoms with Crippen molar-refractivity contribution in [1.29, 1.82) is 0 Å². The molecule has 4 rings (SSSR count). The molecule has 1 aliphatic heterocycles. The van der Waals surface area contributed by atoms with Gasteiger partial charge in [-0.1, -0.05) is 39.0 Å². The van der Waals surface area contributed by atoms with Crippen molar-refractivity contribution in [3.8, 4) is 5.75 Å². The summed E-state index contributed by atoms with van der Waals surface area (Å²) in [6, 6.07) is 13.2. The smallest absolute Gasteiger partial charge is 0.310 e. The first-order chi connectivity index (χ1) is 15.8. The predicted octanol–water partition coefficient (Wildman–Crippen LogP) is 6.60. The standard InChI is InChI=1S/C29H41NO3/c1-5-32-28(31)24-7-6-16-30(20-24)19-21-8-9-23-18-27(13-10-22(23)17-21)33-26-14-11-25(12-15-26)29(2,3)4/h8-10,13,17-18,24-26H,5-7,11-12,14-16,19-20H2,1-4H3/t24-,25-,26-/m0/s1. The van der Waals surface area contributed by atoms with Crippen molar-refractivity contribution in [3.63, 3.8) is 0 Å². The number of ether oxygens (including phenoxy) is 2. The van der Waals surface area contributed by atoms with Crippen molar-refractivity contribution in [2.45, 2.75) is 78.9 Å². The van der Waals surface area contributed by atoms with E-state index in [1.165, 1.54) is 29.2 Å². The van der Waals surface area contributed by atoms with Crippen LogP contribution in [0.4, 0.5) is 0 Å². The third-order valence-corrected chi connectivity index (χ3v) is 7.61. The summed E-state index contributed by atoms with van der Waals surface area (Å²) in [6.07, 6.45) is 7.16. The molecular weight excluding hydrogens is 410 g/mol. The van der Waals surface area contributed by atoms with Gasteiger partial charge in [0.1, 0.15) is 5.75 Å². The summed E-state index contributed by atoms with van der Waals surface area (Å²) in [5.41, 5.74) is 1.70. The molecule has 2 aromatic carbocycles. The van der Waals surface area contributed by atoms with Gasteiger partial charge in [-0.15, -0.1) is 0 Å². The Morgan fingerprint density at radius 2 is 1.73 bits per heavy atom. The lowest BCUT2D eigenvalue weighted by molar-refractivity contribution is -0.150. The van der Waals surface area contributed by atoms with Gasteiger partial charge in [0.15, 0.2) is 0 Å². The normalized spacial score (nSPS) is 24.5. The Morgan fingerprint density at radius 1 is 1.00 bits per heavy atom. The number of esters is 1. The number of likely N-dealkylation sites (tertiary alicyclic amines) is 1. The van der Waals surface area contributed by atoms with Crippen molar-refractivity contribution < 1.29 is 14.3 Å². The topological polar surface area (TPSA) is 38.8 Å². The minimum atomic E-state index is -0.0415. The lowest BCUT2D eigenvalue weighted by atomic mass is 9.72. The van der Waals surface area contributed by atoms with E-state index in [9.17, 15) is 4.79 Å². The molecule has 33 heavy (non-hydrogen) atoms. The van der Waals surface area contributed by atoms with E-state index in [0.717, 1.165) is 57.0 Å². The quantitative estimate of drug-likeness (QED) is 0.464. The molecule has 4 nitrogen and oxygen atoms in total. The van der Waals surface area contributed by atoms with E-state index in [2.05, 4.69) is 62.1 Å². The Labute approximate surface area is 199 Å². The molecule has 1 saturated heterocycles. The van der Waals surface area contributed by atoms with Crippen LogP contribution in [-0.2, 0) is 16.1 Å². The molecule has 4 heteroatoms. The van der Waals surface area contributed by atoms with E-state index >= 15 is 0 Å². The molecule has 180 valence electrons. The second-order valence-electron chi connectivity index (χ2n) is 11.1. The SMILES string of the molecule is CCOC(=O)[C@H]1CCCN(Cc2ccc3cc(O[C@H]4CC[C@H](C(C)(C)C)CC4)ccc3c2)C1. The average molecular weight is 452 g/mol. The van der Waals surface area contributed by atoms with E-state index in [1.54, 1.807) is 0 Å². The Kier molecular flexibility index (Phi) is 7.63. The zero-order valence-corrected chi connectivity index (χ0v) is 20.9. The lowest BCUT2D eigenvalue weighted by Crippen LogP contribution is -2.38. The van der Waals surface area contributed by atoms with Gasteiger partial charge in [-0.2, -0.15) is 0 Å². The van der Waals surface area contributed by atoms with Gasteiger partial charge in [-0.3, -0.25) is 9.69 Å². The van der Waals surface area contributed by atoms with Gasteiger partial charge in [-0.25, -0.2) is 0 Å². The van der Waals surface area contributed by atoms with Crippen molar-refractivity contribution in [2.75, 3.05) is 19.7 Å². The summed E-state index contributed by atoms with van der Waals surface area (Å²) in [5.74, 6) is 1.76. The number of hydrogen-bond donors (Lipinski definition) is 0.